The number of fused-ring (bicyclic) bond motifs is 12. The van der Waals surface area contributed by atoms with E-state index in [1.807, 2.05) is 0 Å². The maximum atomic E-state index is 8.49. The summed E-state index contributed by atoms with van der Waals surface area (Å²) in [6.45, 7) is 15.5. The average molecular weight is 1550 g/mol. The molecule has 0 N–H and O–H groups in total. The van der Waals surface area contributed by atoms with Crippen molar-refractivity contribution < 1.29 is 66.9 Å². The van der Waals surface area contributed by atoms with Crippen molar-refractivity contribution in [3.8, 4) is 0 Å². The zero-order valence-corrected chi connectivity index (χ0v) is 63.6. The standard InChI is InChI=1S/C88H78Br2N4.2ClHO4/c1-9-51-85(3)79(33-21-31-77-87(5,55-59-23-13-11-14-24-59)83-71-53-67(89)45-39-65(71)41-47-73(83)91(77)7)93(75-49-43-63-27-17-19-29-69(63)81(75)85)57-61-35-37-62(38-36-61)58-94-76-50-44-64-28-18-20-30-70(64)82(76)86(4,52-10-2)80(94)34-22-32-78-88(6,56-60-25-15-12-16-26-60)84-72-54-68(90)46-40-66(72)42-48-74(84)92(78)8;2*2-1(3,4)5/h9-54H,55-58H2,1-8H3;2*(H,2,3,4,5)/q+2;;/p-2/b51-9+,52-10+;;. The van der Waals surface area contributed by atoms with E-state index < -0.39 is 31.3 Å². The SMILES string of the molecule is C/C=C/C1(C)/C(=C\C=C\C2=[N+](C)c3ccc4ccc(Br)cc4c3C2(C)Cc2ccccc2)N(Cc2ccc(CN3/C(=C/C=C/C4=[N+](C)c5ccc6ccc(Br)cc6c5C4(C)Cc4ccccc4)C(C)(/C=C/C)c4c3ccc3ccccc43)cc2)c2ccc3ccccc3c21.[O-][Cl+3]([O-])([O-])[O-].[O-][Cl+3]([O-])([O-])[O-]. The first kappa shape index (κ1) is 73.4. The van der Waals surface area contributed by atoms with E-state index in [1.165, 1.54) is 133 Å². The molecule has 0 aliphatic carbocycles. The fourth-order valence-electron chi connectivity index (χ4n) is 17.1. The lowest BCUT2D eigenvalue weighted by atomic mass is 9.73. The van der Waals surface area contributed by atoms with Crippen molar-refractivity contribution in [3.63, 3.8) is 0 Å². The maximum absolute atomic E-state index is 8.49. The Morgan fingerprint density at radius 2 is 0.712 bits per heavy atom. The van der Waals surface area contributed by atoms with Crippen molar-refractivity contribution in [2.75, 3.05) is 23.9 Å². The molecule has 526 valence electrons. The molecule has 4 heterocycles. The van der Waals surface area contributed by atoms with Crippen LogP contribution >= 0.6 is 31.9 Å². The second-order valence-electron chi connectivity index (χ2n) is 27.9. The quantitative estimate of drug-likeness (QED) is 0.0746. The molecule has 11 aromatic carbocycles. The number of benzene rings is 11. The number of hydrogen-bond donors (Lipinski definition) is 0. The minimum Gasteiger partial charge on any atom is -0.339 e. The first-order valence-corrected chi connectivity index (χ1v) is 38.4. The van der Waals surface area contributed by atoms with Gasteiger partial charge < -0.3 is 9.80 Å². The number of allylic oxidation sites excluding steroid dienone is 10. The van der Waals surface area contributed by atoms with Crippen LogP contribution in [-0.2, 0) is 47.6 Å². The summed E-state index contributed by atoms with van der Waals surface area (Å²) in [7, 11) is -5.39. The Labute approximate surface area is 628 Å². The van der Waals surface area contributed by atoms with E-state index in [2.05, 4.69) is 386 Å². The highest BCUT2D eigenvalue weighted by Crippen LogP contribution is 2.55. The van der Waals surface area contributed by atoms with Crippen LogP contribution in [0.15, 0.2) is 299 Å². The molecular formula is C88H78Br2Cl2N4O8. The molecule has 0 radical (unpaired) electrons. The van der Waals surface area contributed by atoms with Gasteiger partial charge in [-0.15, -0.1) is 20.5 Å². The lowest BCUT2D eigenvalue weighted by Gasteiger charge is -2.29. The Morgan fingerprint density at radius 3 is 1.08 bits per heavy atom. The second-order valence-corrected chi connectivity index (χ2v) is 31.2. The molecule has 0 fully saturated rings. The normalized spacial score (nSPS) is 20.9. The molecule has 0 saturated carbocycles. The van der Waals surface area contributed by atoms with E-state index in [0.717, 1.165) is 21.8 Å². The maximum Gasteiger partial charge on any atom is 0.210 e. The number of rotatable bonds is 14. The molecule has 0 aromatic heterocycles. The van der Waals surface area contributed by atoms with Crippen LogP contribution in [0, 0.1) is 20.5 Å². The zero-order valence-electron chi connectivity index (χ0n) is 59.0. The van der Waals surface area contributed by atoms with Crippen molar-refractivity contribution in [2.24, 2.45) is 0 Å². The summed E-state index contributed by atoms with van der Waals surface area (Å²) in [5.74, 6) is 0. The van der Waals surface area contributed by atoms with E-state index in [0.29, 0.717) is 13.1 Å². The van der Waals surface area contributed by atoms with Gasteiger partial charge in [0, 0.05) is 80.2 Å². The molecular weight excluding hydrogens is 1470 g/mol. The molecule has 0 spiro atoms. The fraction of sp³-hybridized carbons (Fsp3) is 0.182. The summed E-state index contributed by atoms with van der Waals surface area (Å²) in [5, 5.41) is 10.1. The molecule has 104 heavy (non-hydrogen) atoms. The Kier molecular flexibility index (Phi) is 20.6. The summed E-state index contributed by atoms with van der Waals surface area (Å²) in [5.41, 5.74) is 19.1. The first-order chi connectivity index (χ1) is 49.6. The summed E-state index contributed by atoms with van der Waals surface area (Å²) < 4.78 is 75.0. The number of nitrogens with zero attached hydrogens (tertiary/aromatic N) is 4. The molecule has 12 nitrogen and oxygen atoms in total. The Hall–Kier alpha value is -8.94. The van der Waals surface area contributed by atoms with Crippen LogP contribution in [0.3, 0.4) is 0 Å². The summed E-state index contributed by atoms with van der Waals surface area (Å²) in [6.07, 6.45) is 25.4. The highest BCUT2D eigenvalue weighted by atomic mass is 79.9. The highest BCUT2D eigenvalue weighted by Gasteiger charge is 2.51. The van der Waals surface area contributed by atoms with Crippen molar-refractivity contribution in [1.82, 2.24) is 0 Å². The van der Waals surface area contributed by atoms with E-state index >= 15 is 0 Å². The molecule has 4 aliphatic heterocycles. The Morgan fingerprint density at radius 1 is 0.385 bits per heavy atom. The van der Waals surface area contributed by atoms with Crippen molar-refractivity contribution in [1.29, 1.82) is 0 Å². The molecule has 0 amide bonds. The minimum atomic E-state index is -4.94. The van der Waals surface area contributed by atoms with Gasteiger partial charge in [0.1, 0.15) is 14.1 Å². The third kappa shape index (κ3) is 14.3. The Balaban J connectivity index is 0.000000902. The van der Waals surface area contributed by atoms with Gasteiger partial charge in [0.2, 0.25) is 11.4 Å². The van der Waals surface area contributed by atoms with Gasteiger partial charge in [0.05, 0.1) is 21.7 Å². The average Bonchev–Trinajstić information content (AvgIpc) is 1.58. The molecule has 0 bridgehead atoms. The van der Waals surface area contributed by atoms with E-state index in [1.54, 1.807) is 0 Å². The third-order valence-electron chi connectivity index (χ3n) is 21.2. The molecule has 4 aliphatic rings. The summed E-state index contributed by atoms with van der Waals surface area (Å²) >= 11 is 7.70. The fourth-order valence-corrected chi connectivity index (χ4v) is 17.8. The van der Waals surface area contributed by atoms with Crippen molar-refractivity contribution in [2.45, 2.75) is 89.1 Å². The molecule has 16 heteroatoms. The van der Waals surface area contributed by atoms with Gasteiger partial charge >= 0.3 is 0 Å². The third-order valence-corrected chi connectivity index (χ3v) is 22.2. The highest BCUT2D eigenvalue weighted by molar-refractivity contribution is 9.10. The van der Waals surface area contributed by atoms with Crippen molar-refractivity contribution >= 4 is 109 Å². The lowest BCUT2D eigenvalue weighted by molar-refractivity contribution is -2.00. The molecule has 4 atom stereocenters. The zero-order chi connectivity index (χ0) is 73.7. The van der Waals surface area contributed by atoms with E-state index in [-0.39, 0.29) is 10.8 Å². The van der Waals surface area contributed by atoms with Crippen LogP contribution in [0.25, 0.3) is 43.1 Å². The van der Waals surface area contributed by atoms with Crippen LogP contribution in [-0.4, -0.2) is 34.7 Å². The van der Waals surface area contributed by atoms with Gasteiger partial charge in [0.15, 0.2) is 11.4 Å². The molecule has 4 unspecified atom stereocenters. The van der Waals surface area contributed by atoms with Gasteiger partial charge in [-0.25, -0.2) is 37.3 Å². The summed E-state index contributed by atoms with van der Waals surface area (Å²) in [6, 6.07) is 81.3. The van der Waals surface area contributed by atoms with Crippen LogP contribution < -0.4 is 47.1 Å². The van der Waals surface area contributed by atoms with Gasteiger partial charge in [-0.05, 0) is 192 Å². The van der Waals surface area contributed by atoms with Gasteiger partial charge in [-0.3, -0.25) is 0 Å². The topological polar surface area (TPSA) is 197 Å². The monoisotopic (exact) mass is 1550 g/mol. The van der Waals surface area contributed by atoms with Gasteiger partial charge in [0.25, 0.3) is 0 Å². The molecule has 0 saturated heterocycles. The second kappa shape index (κ2) is 29.2. The first-order valence-electron chi connectivity index (χ1n) is 34.4. The van der Waals surface area contributed by atoms with Crippen LogP contribution in [0.4, 0.5) is 22.7 Å². The van der Waals surface area contributed by atoms with E-state index in [4.69, 9.17) is 37.3 Å². The van der Waals surface area contributed by atoms with Crippen LogP contribution in [0.5, 0.6) is 0 Å². The molecule has 11 aromatic rings. The van der Waals surface area contributed by atoms with Gasteiger partial charge in [-0.2, -0.15) is 9.15 Å². The van der Waals surface area contributed by atoms with E-state index in [9.17, 15) is 0 Å². The summed E-state index contributed by atoms with van der Waals surface area (Å²) in [4.78, 5) is 5.18. The number of halogens is 4. The molecule has 15 rings (SSSR count). The number of hydrogen-bond acceptors (Lipinski definition) is 10. The lowest BCUT2D eigenvalue weighted by Crippen LogP contribution is -2.68. The Bertz CT molecular complexity index is 5080. The van der Waals surface area contributed by atoms with Crippen molar-refractivity contribution in [3.05, 3.63) is 344 Å². The predicted molar refractivity (Wildman–Crippen MR) is 405 cm³/mol. The predicted octanol–water partition coefficient (Wildman–Crippen LogP) is 12.8. The van der Waals surface area contributed by atoms with Crippen LogP contribution in [0.2, 0.25) is 0 Å². The smallest absolute Gasteiger partial charge is 0.210 e. The van der Waals surface area contributed by atoms with Gasteiger partial charge in [-0.1, -0.05) is 226 Å². The van der Waals surface area contributed by atoms with Crippen LogP contribution in [0.1, 0.15) is 86.1 Å². The largest absolute Gasteiger partial charge is 0.339 e. The number of anilines is 2. The minimum absolute atomic E-state index is 0.314.